The molecule has 2 aliphatic carbocycles. The van der Waals surface area contributed by atoms with Crippen LogP contribution in [0.25, 0.3) is 11.1 Å². The number of fused-ring (bicyclic) bond motifs is 6. The van der Waals surface area contributed by atoms with Crippen molar-refractivity contribution in [2.75, 3.05) is 39.8 Å². The first-order valence-corrected chi connectivity index (χ1v) is 18.9. The van der Waals surface area contributed by atoms with Gasteiger partial charge in [0.15, 0.2) is 17.6 Å². The molecular weight excluding hydrogens is 653 g/mol. The van der Waals surface area contributed by atoms with Crippen LogP contribution in [0.15, 0.2) is 48.6 Å². The van der Waals surface area contributed by atoms with Gasteiger partial charge in [-0.3, -0.25) is 0 Å². The first-order valence-electron chi connectivity index (χ1n) is 16.5. The highest BCUT2D eigenvalue weighted by molar-refractivity contribution is 8.77. The van der Waals surface area contributed by atoms with Gasteiger partial charge in [-0.25, -0.2) is 0 Å². The molecule has 0 aromatic heterocycles. The van der Waals surface area contributed by atoms with Crippen LogP contribution < -0.4 is 18.9 Å². The molecule has 3 aromatic carbocycles. The highest BCUT2D eigenvalue weighted by atomic mass is 33.1. The zero-order valence-electron chi connectivity index (χ0n) is 27.0. The number of rotatable bonds is 7. The minimum absolute atomic E-state index is 0.0519. The zero-order valence-corrected chi connectivity index (χ0v) is 28.6. The van der Waals surface area contributed by atoms with Gasteiger partial charge in [0.1, 0.15) is 30.0 Å². The Morgan fingerprint density at radius 3 is 2.46 bits per heavy atom. The molecule has 4 bridgehead atoms. The van der Waals surface area contributed by atoms with Crippen molar-refractivity contribution in [1.82, 2.24) is 0 Å². The van der Waals surface area contributed by atoms with Crippen LogP contribution >= 0.6 is 21.6 Å². The molecule has 0 fully saturated rings. The maximum atomic E-state index is 12.3. The fourth-order valence-electron chi connectivity index (χ4n) is 8.12. The van der Waals surface area contributed by atoms with Crippen LogP contribution in [0.1, 0.15) is 71.8 Å². The summed E-state index contributed by atoms with van der Waals surface area (Å²) in [6.07, 6.45) is 6.63. The van der Waals surface area contributed by atoms with E-state index in [2.05, 4.69) is 12.2 Å². The molecule has 3 aromatic rings. The largest absolute Gasteiger partial charge is 0.508 e. The number of aromatic hydroxyl groups is 2. The third-order valence-electron chi connectivity index (χ3n) is 10.3. The number of aliphatic hydroxyl groups excluding tert-OH is 3. The quantitative estimate of drug-likeness (QED) is 0.139. The third-order valence-corrected chi connectivity index (χ3v) is 13.1. The fourth-order valence-corrected chi connectivity index (χ4v) is 11.0. The highest BCUT2D eigenvalue weighted by Gasteiger charge is 2.46. The molecule has 0 radical (unpaired) electrons. The summed E-state index contributed by atoms with van der Waals surface area (Å²) < 4.78 is 23.9. The van der Waals surface area contributed by atoms with Gasteiger partial charge in [-0.1, -0.05) is 39.8 Å². The average Bonchev–Trinajstić information content (AvgIpc) is 3.10. The average molecular weight is 695 g/mol. The lowest BCUT2D eigenvalue weighted by Gasteiger charge is -2.43. The minimum Gasteiger partial charge on any atom is -0.508 e. The van der Waals surface area contributed by atoms with E-state index in [0.717, 1.165) is 53.5 Å². The topological polar surface area (TPSA) is 138 Å². The van der Waals surface area contributed by atoms with Crippen molar-refractivity contribution in [1.29, 1.82) is 0 Å². The molecule has 7 atom stereocenters. The first kappa shape index (κ1) is 33.3. The second-order valence-electron chi connectivity index (χ2n) is 13.0. The number of phenols is 2. The lowest BCUT2D eigenvalue weighted by molar-refractivity contribution is 0.00384. The molecule has 0 spiro atoms. The van der Waals surface area contributed by atoms with Gasteiger partial charge < -0.3 is 44.5 Å². The molecule has 7 unspecified atom stereocenters. The van der Waals surface area contributed by atoms with Crippen molar-refractivity contribution in [3.8, 4) is 45.6 Å². The van der Waals surface area contributed by atoms with Crippen molar-refractivity contribution in [2.24, 2.45) is 5.92 Å². The summed E-state index contributed by atoms with van der Waals surface area (Å²) in [6, 6.07) is 10.6. The lowest BCUT2D eigenvalue weighted by Crippen LogP contribution is -2.37. The standard InChI is InChI=1S/C37H42O9S2/c1-43-30-13-20(14-31(44-2)36(30)42)37-35(41)27-18-47-48-22-5-3-4-19(12-22)6-8-23-25-15-21(40)7-9-24(25)32-28(45-11-10-38)16-29(46-37)33(27)34(32)26(23)17-39/h3,5,7,9,13-16,19,22-23,26-27,35,37-42H,4,6,8,10-12,17-18H2,1-2H3. The van der Waals surface area contributed by atoms with Crippen molar-refractivity contribution in [2.45, 2.75) is 60.9 Å². The molecule has 7 rings (SSSR count). The molecule has 4 aliphatic rings. The lowest BCUT2D eigenvalue weighted by atomic mass is 9.65. The van der Waals surface area contributed by atoms with Crippen LogP contribution in [-0.4, -0.2) is 76.7 Å². The van der Waals surface area contributed by atoms with Crippen LogP contribution in [0.4, 0.5) is 0 Å². The zero-order chi connectivity index (χ0) is 33.5. The summed E-state index contributed by atoms with van der Waals surface area (Å²) in [5, 5.41) is 55.1. The first-order chi connectivity index (χ1) is 23.4. The summed E-state index contributed by atoms with van der Waals surface area (Å²) in [4.78, 5) is 0. The number of aliphatic hydroxyl groups is 3. The van der Waals surface area contributed by atoms with Gasteiger partial charge in [0, 0.05) is 45.6 Å². The number of methoxy groups -OCH3 is 2. The Bertz CT molecular complexity index is 1670. The Morgan fingerprint density at radius 1 is 0.938 bits per heavy atom. The monoisotopic (exact) mass is 694 g/mol. The van der Waals surface area contributed by atoms with E-state index >= 15 is 0 Å². The minimum atomic E-state index is -1.00. The maximum absolute atomic E-state index is 12.3. The van der Waals surface area contributed by atoms with Gasteiger partial charge in [0.25, 0.3) is 0 Å². The van der Waals surface area contributed by atoms with Crippen molar-refractivity contribution in [3.05, 3.63) is 70.8 Å². The molecule has 5 N–H and O–H groups in total. The summed E-state index contributed by atoms with van der Waals surface area (Å²) in [5.41, 5.74) is 4.98. The second-order valence-corrected chi connectivity index (χ2v) is 15.6. The number of benzene rings is 3. The Kier molecular flexibility index (Phi) is 9.68. The van der Waals surface area contributed by atoms with E-state index in [1.54, 1.807) is 29.0 Å². The molecular formula is C37H42O9S2. The SMILES string of the molecule is COc1cc(C2Oc3cc(OCCO)c4c5c3C(CSSC3C=CCC(CCC(c6cc(O)ccc6-4)C5CO)C3)C2O)cc(OC)c1O. The predicted molar refractivity (Wildman–Crippen MR) is 187 cm³/mol. The number of hydrogen-bond donors (Lipinski definition) is 5. The molecule has 48 heavy (non-hydrogen) atoms. The van der Waals surface area contributed by atoms with Crippen LogP contribution in [0.5, 0.6) is 34.5 Å². The van der Waals surface area contributed by atoms with E-state index in [-0.39, 0.29) is 54.7 Å². The third kappa shape index (κ3) is 5.87. The Labute approximate surface area is 288 Å². The van der Waals surface area contributed by atoms with Crippen LogP contribution in [0, 0.1) is 5.92 Å². The predicted octanol–water partition coefficient (Wildman–Crippen LogP) is 6.41. The molecule has 0 saturated carbocycles. The molecule has 0 amide bonds. The second kappa shape index (κ2) is 14.0. The van der Waals surface area contributed by atoms with Crippen molar-refractivity contribution in [3.63, 3.8) is 0 Å². The smallest absolute Gasteiger partial charge is 0.200 e. The molecule has 2 aliphatic heterocycles. The van der Waals surface area contributed by atoms with Gasteiger partial charge in [-0.2, -0.15) is 0 Å². The van der Waals surface area contributed by atoms with Crippen molar-refractivity contribution >= 4 is 21.6 Å². The number of phenolic OH excluding ortho intramolecular Hbond substituents is 2. The molecule has 11 heteroatoms. The molecule has 256 valence electrons. The Morgan fingerprint density at radius 2 is 1.73 bits per heavy atom. The fraction of sp³-hybridized carbons (Fsp3) is 0.459. The summed E-state index contributed by atoms with van der Waals surface area (Å²) in [7, 11) is 6.49. The van der Waals surface area contributed by atoms with E-state index in [0.29, 0.717) is 34.0 Å². The molecule has 9 nitrogen and oxygen atoms in total. The van der Waals surface area contributed by atoms with Gasteiger partial charge in [-0.05, 0) is 78.5 Å². The maximum Gasteiger partial charge on any atom is 0.200 e. The van der Waals surface area contributed by atoms with E-state index in [4.69, 9.17) is 18.9 Å². The number of allylic oxidation sites excluding steroid dienone is 1. The van der Waals surface area contributed by atoms with E-state index in [9.17, 15) is 25.5 Å². The van der Waals surface area contributed by atoms with Gasteiger partial charge in [0.2, 0.25) is 5.75 Å². The normalized spacial score (nSPS) is 27.4. The summed E-state index contributed by atoms with van der Waals surface area (Å²) in [6.45, 7) is -0.282. The Hall–Kier alpha value is -3.22. The number of hydrogen-bond acceptors (Lipinski definition) is 11. The van der Waals surface area contributed by atoms with E-state index in [1.807, 2.05) is 29.0 Å². The highest BCUT2D eigenvalue weighted by Crippen LogP contribution is 2.60. The van der Waals surface area contributed by atoms with Crippen LogP contribution in [-0.2, 0) is 0 Å². The van der Waals surface area contributed by atoms with Gasteiger partial charge in [0.05, 0.1) is 27.4 Å². The van der Waals surface area contributed by atoms with Crippen molar-refractivity contribution < 1.29 is 44.5 Å². The molecule has 2 heterocycles. The van der Waals surface area contributed by atoms with E-state index in [1.165, 1.54) is 14.2 Å². The number of ether oxygens (including phenoxy) is 4. The Balaban J connectivity index is 1.47. The molecule has 0 saturated heterocycles. The van der Waals surface area contributed by atoms with E-state index < -0.39 is 18.1 Å². The summed E-state index contributed by atoms with van der Waals surface area (Å²) >= 11 is 0. The van der Waals surface area contributed by atoms with Crippen LogP contribution in [0.2, 0.25) is 0 Å². The van der Waals surface area contributed by atoms with Gasteiger partial charge in [-0.15, -0.1) is 0 Å². The van der Waals surface area contributed by atoms with Gasteiger partial charge >= 0.3 is 0 Å². The summed E-state index contributed by atoms with van der Waals surface area (Å²) in [5.74, 6) is 1.70. The van der Waals surface area contributed by atoms with Crippen LogP contribution in [0.3, 0.4) is 0 Å².